The van der Waals surface area contributed by atoms with Crippen molar-refractivity contribution in [2.24, 2.45) is 0 Å². The Labute approximate surface area is 236 Å². The summed E-state index contributed by atoms with van der Waals surface area (Å²) in [4.78, 5) is 48.2. The summed E-state index contributed by atoms with van der Waals surface area (Å²) in [5.74, 6) is -0.214. The first-order valence-electron chi connectivity index (χ1n) is 13.0. The molecule has 0 aromatic heterocycles. The van der Waals surface area contributed by atoms with Crippen molar-refractivity contribution < 1.29 is 43.2 Å². The molecule has 4 rings (SSSR count). The van der Waals surface area contributed by atoms with Crippen LogP contribution in [0, 0.1) is 0 Å². The molecule has 0 saturated carbocycles. The number of amides is 2. The smallest absolute Gasteiger partial charge is 0.343 e. The Bertz CT molecular complexity index is 1370. The minimum absolute atomic E-state index is 0.303. The van der Waals surface area contributed by atoms with Gasteiger partial charge in [0.1, 0.15) is 17.3 Å². The third-order valence-corrected chi connectivity index (χ3v) is 6.11. The summed E-state index contributed by atoms with van der Waals surface area (Å²) in [6.45, 7) is 4.08. The van der Waals surface area contributed by atoms with Gasteiger partial charge in [-0.15, -0.1) is 0 Å². The lowest BCUT2D eigenvalue weighted by Crippen LogP contribution is -2.29. The SMILES string of the molecule is C=CC(=O)OCCCCOc1ccc(C(=O)OC2=CC=C(OC(O)c3ccc(N4C(=O)C=CC4=O)cc3)CC2)cc1. The summed E-state index contributed by atoms with van der Waals surface area (Å²) < 4.78 is 21.7. The molecule has 10 heteroatoms. The molecule has 0 saturated heterocycles. The Kier molecular flexibility index (Phi) is 9.85. The van der Waals surface area contributed by atoms with E-state index in [0.29, 0.717) is 73.0 Å². The van der Waals surface area contributed by atoms with Gasteiger partial charge in [0.05, 0.1) is 24.5 Å². The van der Waals surface area contributed by atoms with Gasteiger partial charge in [-0.25, -0.2) is 14.5 Å². The number of ether oxygens (including phenoxy) is 4. The number of aliphatic hydroxyl groups is 1. The predicted molar refractivity (Wildman–Crippen MR) is 147 cm³/mol. The summed E-state index contributed by atoms with van der Waals surface area (Å²) in [6.07, 6.45) is 7.70. The first-order valence-corrected chi connectivity index (χ1v) is 13.0. The highest BCUT2D eigenvalue weighted by Gasteiger charge is 2.25. The lowest BCUT2D eigenvalue weighted by molar-refractivity contribution is -0.137. The number of benzene rings is 2. The molecule has 2 aliphatic rings. The Hall–Kier alpha value is -4.96. The van der Waals surface area contributed by atoms with Crippen LogP contribution < -0.4 is 9.64 Å². The second-order valence-electron chi connectivity index (χ2n) is 9.01. The average Bonchev–Trinajstić information content (AvgIpc) is 3.33. The number of allylic oxidation sites excluding steroid dienone is 4. The quantitative estimate of drug-likeness (QED) is 0.125. The number of unbranched alkanes of at least 4 members (excludes halogenated alkanes) is 1. The average molecular weight is 560 g/mol. The molecular weight excluding hydrogens is 530 g/mol. The van der Waals surface area contributed by atoms with Gasteiger partial charge in [0.15, 0.2) is 0 Å². The van der Waals surface area contributed by atoms with Crippen LogP contribution in [-0.4, -0.2) is 42.1 Å². The van der Waals surface area contributed by atoms with Gasteiger partial charge in [-0.05, 0) is 61.4 Å². The largest absolute Gasteiger partial charge is 0.494 e. The van der Waals surface area contributed by atoms with Crippen molar-refractivity contribution in [1.29, 1.82) is 0 Å². The molecule has 0 bridgehead atoms. The molecule has 2 amide bonds. The van der Waals surface area contributed by atoms with Crippen LogP contribution in [0.1, 0.15) is 47.9 Å². The molecule has 1 N–H and O–H groups in total. The molecule has 0 spiro atoms. The van der Waals surface area contributed by atoms with Crippen molar-refractivity contribution >= 4 is 29.4 Å². The molecule has 212 valence electrons. The van der Waals surface area contributed by atoms with Crippen LogP contribution in [0.25, 0.3) is 0 Å². The Morgan fingerprint density at radius 1 is 0.902 bits per heavy atom. The van der Waals surface area contributed by atoms with E-state index in [1.54, 1.807) is 60.7 Å². The standard InChI is InChI=1S/C31H29NO9/c1-2-29(35)39-20-4-3-19-38-24-11-7-22(8-12-24)31(37)41-26-15-13-25(14-16-26)40-30(36)21-5-9-23(10-6-21)32-27(33)17-18-28(32)34/h2,5-13,15,17-18,30,36H,1,3-4,14,16,19-20H2. The zero-order valence-electron chi connectivity index (χ0n) is 22.2. The molecule has 10 nitrogen and oxygen atoms in total. The first-order chi connectivity index (χ1) is 19.8. The monoisotopic (exact) mass is 559 g/mol. The van der Waals surface area contributed by atoms with Gasteiger partial charge in [-0.3, -0.25) is 9.59 Å². The third-order valence-electron chi connectivity index (χ3n) is 6.11. The highest BCUT2D eigenvalue weighted by molar-refractivity contribution is 6.28. The molecule has 2 aromatic rings. The van der Waals surface area contributed by atoms with Crippen LogP contribution in [0.2, 0.25) is 0 Å². The maximum absolute atomic E-state index is 12.6. The van der Waals surface area contributed by atoms with Crippen LogP contribution in [0.15, 0.2) is 97.0 Å². The number of rotatable bonds is 13. The summed E-state index contributed by atoms with van der Waals surface area (Å²) in [6, 6.07) is 12.9. The zero-order chi connectivity index (χ0) is 29.2. The predicted octanol–water partition coefficient (Wildman–Crippen LogP) is 4.43. The van der Waals surface area contributed by atoms with Crippen LogP contribution >= 0.6 is 0 Å². The Morgan fingerprint density at radius 2 is 1.54 bits per heavy atom. The zero-order valence-corrected chi connectivity index (χ0v) is 22.2. The molecule has 41 heavy (non-hydrogen) atoms. The number of nitrogens with zero attached hydrogens (tertiary/aromatic N) is 1. The van der Waals surface area contributed by atoms with E-state index in [0.717, 1.165) is 11.0 Å². The van der Waals surface area contributed by atoms with E-state index in [1.165, 1.54) is 12.2 Å². The lowest BCUT2D eigenvalue weighted by Gasteiger charge is -2.20. The fourth-order valence-corrected chi connectivity index (χ4v) is 3.93. The van der Waals surface area contributed by atoms with Crippen molar-refractivity contribution in [3.8, 4) is 5.75 Å². The van der Waals surface area contributed by atoms with Crippen LogP contribution in [-0.2, 0) is 28.6 Å². The Morgan fingerprint density at radius 3 is 2.17 bits per heavy atom. The molecule has 1 atom stereocenters. The molecule has 1 aliphatic carbocycles. The third kappa shape index (κ3) is 8.02. The Balaban J connectivity index is 1.21. The topological polar surface area (TPSA) is 129 Å². The van der Waals surface area contributed by atoms with Gasteiger partial charge in [0.25, 0.3) is 11.8 Å². The van der Waals surface area contributed by atoms with Crippen molar-refractivity contribution in [3.63, 3.8) is 0 Å². The maximum atomic E-state index is 12.6. The normalized spacial score (nSPS) is 15.1. The van der Waals surface area contributed by atoms with Gasteiger partial charge in [0.2, 0.25) is 6.29 Å². The maximum Gasteiger partial charge on any atom is 0.343 e. The second kappa shape index (κ2) is 13.9. The van der Waals surface area contributed by atoms with Crippen molar-refractivity contribution in [3.05, 3.63) is 108 Å². The summed E-state index contributed by atoms with van der Waals surface area (Å²) in [5.41, 5.74) is 1.21. The molecule has 1 unspecified atom stereocenters. The summed E-state index contributed by atoms with van der Waals surface area (Å²) in [7, 11) is 0. The van der Waals surface area contributed by atoms with Gasteiger partial charge >= 0.3 is 11.9 Å². The summed E-state index contributed by atoms with van der Waals surface area (Å²) in [5, 5.41) is 10.5. The van der Waals surface area contributed by atoms with Crippen molar-refractivity contribution in [1.82, 2.24) is 0 Å². The first kappa shape index (κ1) is 29.0. The molecular formula is C31H29NO9. The van der Waals surface area contributed by atoms with Crippen LogP contribution in [0.3, 0.4) is 0 Å². The van der Waals surface area contributed by atoms with E-state index < -0.39 is 30.0 Å². The number of carbonyl (C=O) groups excluding carboxylic acids is 4. The number of hydrogen-bond acceptors (Lipinski definition) is 9. The van der Waals surface area contributed by atoms with Gasteiger partial charge in [-0.1, -0.05) is 18.7 Å². The minimum Gasteiger partial charge on any atom is -0.494 e. The van der Waals surface area contributed by atoms with Crippen LogP contribution in [0.4, 0.5) is 5.69 Å². The van der Waals surface area contributed by atoms with E-state index in [1.807, 2.05) is 0 Å². The minimum atomic E-state index is -1.26. The number of esters is 2. The molecule has 0 radical (unpaired) electrons. The van der Waals surface area contributed by atoms with Crippen molar-refractivity contribution in [2.75, 3.05) is 18.1 Å². The number of aliphatic hydroxyl groups excluding tert-OH is 1. The molecule has 1 heterocycles. The number of anilines is 1. The number of carbonyl (C=O) groups is 4. The molecule has 1 aliphatic heterocycles. The van der Waals surface area contributed by atoms with Gasteiger partial charge < -0.3 is 24.1 Å². The lowest BCUT2D eigenvalue weighted by atomic mass is 10.1. The second-order valence-corrected chi connectivity index (χ2v) is 9.01. The summed E-state index contributed by atoms with van der Waals surface area (Å²) >= 11 is 0. The van der Waals surface area contributed by atoms with Gasteiger partial charge in [0, 0.05) is 36.6 Å². The van der Waals surface area contributed by atoms with E-state index in [2.05, 4.69) is 6.58 Å². The van der Waals surface area contributed by atoms with E-state index >= 15 is 0 Å². The molecule has 2 aromatic carbocycles. The molecule has 0 fully saturated rings. The highest BCUT2D eigenvalue weighted by Crippen LogP contribution is 2.28. The van der Waals surface area contributed by atoms with E-state index in [9.17, 15) is 24.3 Å². The number of imide groups is 1. The van der Waals surface area contributed by atoms with E-state index in [4.69, 9.17) is 18.9 Å². The van der Waals surface area contributed by atoms with Crippen molar-refractivity contribution in [2.45, 2.75) is 32.0 Å². The fraction of sp³-hybridized carbons (Fsp3) is 0.226. The van der Waals surface area contributed by atoms with E-state index in [-0.39, 0.29) is 0 Å². The van der Waals surface area contributed by atoms with Crippen LogP contribution in [0.5, 0.6) is 5.75 Å². The highest BCUT2D eigenvalue weighted by atomic mass is 16.6. The number of hydrogen-bond donors (Lipinski definition) is 1. The fourth-order valence-electron chi connectivity index (χ4n) is 3.93. The van der Waals surface area contributed by atoms with Gasteiger partial charge in [-0.2, -0.15) is 0 Å².